The number of hydrogen-bond acceptors (Lipinski definition) is 4. The summed E-state index contributed by atoms with van der Waals surface area (Å²) in [5.74, 6) is 0.0708. The smallest absolute Gasteiger partial charge is 0.159 e. The molecule has 1 aliphatic rings. The second-order valence-electron chi connectivity index (χ2n) is 3.89. The highest BCUT2D eigenvalue weighted by molar-refractivity contribution is 5.50. The predicted octanol–water partition coefficient (Wildman–Crippen LogP) is 0.580. The maximum atomic E-state index is 10.4. The lowest BCUT2D eigenvalue weighted by molar-refractivity contribution is -0.245. The van der Waals surface area contributed by atoms with Gasteiger partial charge >= 0.3 is 0 Å². The van der Waals surface area contributed by atoms with E-state index in [4.69, 9.17) is 9.47 Å². The lowest BCUT2D eigenvalue weighted by atomic mass is 9.85. The van der Waals surface area contributed by atoms with Crippen LogP contribution in [-0.4, -0.2) is 37.0 Å². The molecule has 2 unspecified atom stereocenters. The van der Waals surface area contributed by atoms with E-state index in [-0.39, 0.29) is 24.0 Å². The van der Waals surface area contributed by atoms with Crippen molar-refractivity contribution in [3.63, 3.8) is 0 Å². The Hall–Kier alpha value is -0.450. The van der Waals surface area contributed by atoms with Crippen LogP contribution >= 0.6 is 0 Å². The van der Waals surface area contributed by atoms with E-state index in [0.29, 0.717) is 6.42 Å². The summed E-state index contributed by atoms with van der Waals surface area (Å²) in [7, 11) is 1.62. The molecular weight excluding hydrogens is 184 g/mol. The number of aliphatic hydroxyl groups excluding tert-OH is 1. The molecule has 4 heteroatoms. The zero-order valence-corrected chi connectivity index (χ0v) is 8.84. The molecule has 0 spiro atoms. The highest BCUT2D eigenvalue weighted by Crippen LogP contribution is 2.31. The van der Waals surface area contributed by atoms with Crippen LogP contribution in [0.15, 0.2) is 0 Å². The van der Waals surface area contributed by atoms with Gasteiger partial charge in [0, 0.05) is 25.4 Å². The summed E-state index contributed by atoms with van der Waals surface area (Å²) in [6.07, 6.45) is 0.00921. The largest absolute Gasteiger partial charge is 0.381 e. The molecule has 0 aromatic heterocycles. The molecule has 0 radical (unpaired) electrons. The Morgan fingerprint density at radius 3 is 2.57 bits per heavy atom. The molecule has 4 nitrogen and oxygen atoms in total. The van der Waals surface area contributed by atoms with Crippen molar-refractivity contribution in [2.45, 2.75) is 38.8 Å². The van der Waals surface area contributed by atoms with Gasteiger partial charge in [-0.3, -0.25) is 0 Å². The van der Waals surface area contributed by atoms with E-state index in [1.54, 1.807) is 7.11 Å². The molecule has 14 heavy (non-hydrogen) atoms. The average molecular weight is 202 g/mol. The minimum Gasteiger partial charge on any atom is -0.381 e. The molecule has 1 fully saturated rings. The van der Waals surface area contributed by atoms with Crippen LogP contribution in [0.4, 0.5) is 0 Å². The summed E-state index contributed by atoms with van der Waals surface area (Å²) < 4.78 is 10.6. The molecule has 1 rings (SSSR count). The summed E-state index contributed by atoms with van der Waals surface area (Å²) in [6, 6.07) is 0. The number of aldehydes is 1. The van der Waals surface area contributed by atoms with Gasteiger partial charge in [-0.2, -0.15) is 0 Å². The Balaban J connectivity index is 2.69. The van der Waals surface area contributed by atoms with Gasteiger partial charge in [0.25, 0.3) is 0 Å². The topological polar surface area (TPSA) is 55.8 Å². The summed E-state index contributed by atoms with van der Waals surface area (Å²) in [6.45, 7) is 3.86. The Labute approximate surface area is 84.2 Å². The summed E-state index contributed by atoms with van der Waals surface area (Å²) in [5, 5.41) is 9.58. The van der Waals surface area contributed by atoms with E-state index in [9.17, 15) is 9.90 Å². The summed E-state index contributed by atoms with van der Waals surface area (Å²) in [4.78, 5) is 10.4. The van der Waals surface area contributed by atoms with Crippen LogP contribution in [0.2, 0.25) is 0 Å². The first-order valence-corrected chi connectivity index (χ1v) is 4.91. The number of rotatable bonds is 3. The second-order valence-corrected chi connectivity index (χ2v) is 3.89. The second kappa shape index (κ2) is 4.87. The highest BCUT2D eigenvalue weighted by atomic mass is 16.6. The molecule has 1 aliphatic heterocycles. The molecule has 0 amide bonds. The van der Waals surface area contributed by atoms with E-state index in [1.807, 2.05) is 13.8 Å². The van der Waals surface area contributed by atoms with Crippen molar-refractivity contribution in [2.24, 2.45) is 11.8 Å². The number of methoxy groups -OCH3 is 1. The lowest BCUT2D eigenvalue weighted by Gasteiger charge is -2.41. The first-order chi connectivity index (χ1) is 6.61. The molecule has 0 aromatic rings. The van der Waals surface area contributed by atoms with Crippen molar-refractivity contribution in [1.82, 2.24) is 0 Å². The number of aliphatic hydroxyl groups is 1. The van der Waals surface area contributed by atoms with E-state index >= 15 is 0 Å². The number of carbonyl (C=O) groups is 1. The maximum Gasteiger partial charge on any atom is 0.159 e. The average Bonchev–Trinajstić information content (AvgIpc) is 2.16. The van der Waals surface area contributed by atoms with Crippen LogP contribution in [-0.2, 0) is 14.3 Å². The van der Waals surface area contributed by atoms with Crippen molar-refractivity contribution in [2.75, 3.05) is 7.11 Å². The van der Waals surface area contributed by atoms with Gasteiger partial charge < -0.3 is 19.4 Å². The molecular formula is C10H18O4. The molecule has 0 aliphatic carbocycles. The van der Waals surface area contributed by atoms with Gasteiger partial charge in [0.1, 0.15) is 6.29 Å². The van der Waals surface area contributed by atoms with Crippen molar-refractivity contribution in [3.05, 3.63) is 0 Å². The highest BCUT2D eigenvalue weighted by Gasteiger charge is 2.40. The van der Waals surface area contributed by atoms with Gasteiger partial charge in [-0.05, 0) is 0 Å². The Morgan fingerprint density at radius 1 is 1.43 bits per heavy atom. The van der Waals surface area contributed by atoms with E-state index in [0.717, 1.165) is 6.29 Å². The Kier molecular flexibility index (Phi) is 4.04. The fourth-order valence-corrected chi connectivity index (χ4v) is 2.07. The van der Waals surface area contributed by atoms with Crippen molar-refractivity contribution >= 4 is 6.29 Å². The molecule has 0 aromatic carbocycles. The van der Waals surface area contributed by atoms with Crippen LogP contribution in [0.5, 0.6) is 0 Å². The van der Waals surface area contributed by atoms with Crippen LogP contribution in [0.3, 0.4) is 0 Å². The molecule has 82 valence electrons. The number of ether oxygens (including phenoxy) is 2. The minimum absolute atomic E-state index is 0.0521. The zero-order chi connectivity index (χ0) is 10.7. The maximum absolute atomic E-state index is 10.4. The third kappa shape index (κ3) is 2.13. The molecule has 1 saturated heterocycles. The molecule has 5 atom stereocenters. The molecule has 1 heterocycles. The van der Waals surface area contributed by atoms with Crippen LogP contribution in [0, 0.1) is 11.8 Å². The van der Waals surface area contributed by atoms with Crippen LogP contribution in [0.25, 0.3) is 0 Å². The minimum atomic E-state index is -0.832. The molecule has 0 bridgehead atoms. The van der Waals surface area contributed by atoms with Gasteiger partial charge in [-0.15, -0.1) is 0 Å². The van der Waals surface area contributed by atoms with Crippen LogP contribution < -0.4 is 0 Å². The van der Waals surface area contributed by atoms with Crippen molar-refractivity contribution in [3.8, 4) is 0 Å². The normalized spacial score (nSPS) is 43.6. The van der Waals surface area contributed by atoms with E-state index in [2.05, 4.69) is 0 Å². The summed E-state index contributed by atoms with van der Waals surface area (Å²) in [5.41, 5.74) is 0. The third-order valence-electron chi connectivity index (χ3n) is 2.99. The van der Waals surface area contributed by atoms with Gasteiger partial charge in [0.15, 0.2) is 6.29 Å². The Morgan fingerprint density at radius 2 is 2.07 bits per heavy atom. The molecule has 0 saturated carbocycles. The SMILES string of the molecule is CO[C@H]1C(C)[C@H](CC=O)OC(O)[C@@H]1C. The Bertz CT molecular complexity index is 195. The van der Waals surface area contributed by atoms with E-state index < -0.39 is 6.29 Å². The third-order valence-corrected chi connectivity index (χ3v) is 2.99. The van der Waals surface area contributed by atoms with Crippen molar-refractivity contribution < 1.29 is 19.4 Å². The number of hydrogen-bond donors (Lipinski definition) is 1. The summed E-state index contributed by atoms with van der Waals surface area (Å²) >= 11 is 0. The fourth-order valence-electron chi connectivity index (χ4n) is 2.07. The first-order valence-electron chi connectivity index (χ1n) is 4.91. The predicted molar refractivity (Wildman–Crippen MR) is 50.7 cm³/mol. The van der Waals surface area contributed by atoms with Gasteiger partial charge in [0.05, 0.1) is 12.2 Å². The van der Waals surface area contributed by atoms with E-state index in [1.165, 1.54) is 0 Å². The zero-order valence-electron chi connectivity index (χ0n) is 8.84. The fraction of sp³-hybridized carbons (Fsp3) is 0.900. The number of carbonyl (C=O) groups excluding carboxylic acids is 1. The quantitative estimate of drug-likeness (QED) is 0.680. The lowest BCUT2D eigenvalue weighted by Crippen LogP contribution is -2.49. The van der Waals surface area contributed by atoms with Crippen molar-refractivity contribution in [1.29, 1.82) is 0 Å². The van der Waals surface area contributed by atoms with Gasteiger partial charge in [-0.25, -0.2) is 0 Å². The monoisotopic (exact) mass is 202 g/mol. The molecule has 1 N–H and O–H groups in total. The van der Waals surface area contributed by atoms with Gasteiger partial charge in [-0.1, -0.05) is 13.8 Å². The first kappa shape index (κ1) is 11.6. The van der Waals surface area contributed by atoms with Gasteiger partial charge in [0.2, 0.25) is 0 Å². The van der Waals surface area contributed by atoms with Crippen LogP contribution in [0.1, 0.15) is 20.3 Å². The standard InChI is InChI=1S/C10H18O4/c1-6-8(4-5-11)14-10(12)7(2)9(6)13-3/h5-10,12H,4H2,1-3H3/t6?,7-,8+,9+,10?/m1/s1.